The largest absolute Gasteiger partial charge is 0.464 e. The van der Waals surface area contributed by atoms with Crippen LogP contribution in [0.4, 0.5) is 0 Å². The minimum Gasteiger partial charge on any atom is -0.464 e. The zero-order valence-electron chi connectivity index (χ0n) is 10.5. The molecule has 0 saturated heterocycles. The molecule has 2 aliphatic carbocycles. The third kappa shape index (κ3) is 3.33. The minimum atomic E-state index is 0.626. The normalized spacial score (nSPS) is 19.8. The van der Waals surface area contributed by atoms with Crippen LogP contribution in [0.2, 0.25) is 0 Å². The molecular formula is C14H21NO2. The van der Waals surface area contributed by atoms with Crippen molar-refractivity contribution in [3.63, 3.8) is 0 Å². The number of hydrogen-bond acceptors (Lipinski definition) is 3. The summed E-state index contributed by atoms with van der Waals surface area (Å²) in [5, 5.41) is 3.51. The van der Waals surface area contributed by atoms with E-state index in [1.54, 1.807) is 0 Å². The predicted molar refractivity (Wildman–Crippen MR) is 65.7 cm³/mol. The van der Waals surface area contributed by atoms with Crippen LogP contribution >= 0.6 is 0 Å². The number of hydrogen-bond donors (Lipinski definition) is 1. The molecule has 2 fully saturated rings. The number of aryl methyl sites for hydroxylation is 1. The third-order valence-electron chi connectivity index (χ3n) is 3.52. The first-order chi connectivity index (χ1) is 8.31. The van der Waals surface area contributed by atoms with E-state index in [4.69, 9.17) is 9.15 Å². The lowest BCUT2D eigenvalue weighted by Crippen LogP contribution is -2.15. The molecule has 17 heavy (non-hydrogen) atoms. The van der Waals surface area contributed by atoms with Crippen LogP contribution in [0.5, 0.6) is 0 Å². The highest BCUT2D eigenvalue weighted by molar-refractivity contribution is 5.20. The lowest BCUT2D eigenvalue weighted by Gasteiger charge is -1.99. The SMILES string of the molecule is Cc1oc(COCC2CC2)cc1CNC1CC1. The van der Waals surface area contributed by atoms with Crippen LogP contribution in [-0.4, -0.2) is 12.6 Å². The van der Waals surface area contributed by atoms with Crippen molar-refractivity contribution in [2.24, 2.45) is 5.92 Å². The van der Waals surface area contributed by atoms with Crippen molar-refractivity contribution in [3.05, 3.63) is 23.2 Å². The second kappa shape index (κ2) is 4.83. The molecule has 0 bridgehead atoms. The molecule has 1 aromatic rings. The van der Waals surface area contributed by atoms with E-state index in [1.807, 2.05) is 6.92 Å². The van der Waals surface area contributed by atoms with Gasteiger partial charge < -0.3 is 14.5 Å². The summed E-state index contributed by atoms with van der Waals surface area (Å²) in [5.41, 5.74) is 1.28. The first-order valence-electron chi connectivity index (χ1n) is 6.70. The Hall–Kier alpha value is -0.800. The van der Waals surface area contributed by atoms with E-state index >= 15 is 0 Å². The average molecular weight is 235 g/mol. The monoisotopic (exact) mass is 235 g/mol. The summed E-state index contributed by atoms with van der Waals surface area (Å²) in [6.07, 6.45) is 5.34. The standard InChI is InChI=1S/C14H21NO2/c1-10-12(7-15-13-4-5-13)6-14(17-10)9-16-8-11-2-3-11/h6,11,13,15H,2-5,7-9H2,1H3. The van der Waals surface area contributed by atoms with Crippen LogP contribution < -0.4 is 5.32 Å². The molecule has 2 aliphatic rings. The van der Waals surface area contributed by atoms with E-state index in [-0.39, 0.29) is 0 Å². The fourth-order valence-corrected chi connectivity index (χ4v) is 1.99. The van der Waals surface area contributed by atoms with Crippen molar-refractivity contribution in [2.45, 2.75) is 51.8 Å². The molecule has 0 radical (unpaired) electrons. The van der Waals surface area contributed by atoms with Gasteiger partial charge in [-0.05, 0) is 44.6 Å². The number of rotatable bonds is 7. The van der Waals surface area contributed by atoms with Crippen molar-refractivity contribution in [1.29, 1.82) is 0 Å². The summed E-state index contributed by atoms with van der Waals surface area (Å²) in [6, 6.07) is 2.89. The second-order valence-electron chi connectivity index (χ2n) is 5.41. The third-order valence-corrected chi connectivity index (χ3v) is 3.52. The quantitative estimate of drug-likeness (QED) is 0.789. The van der Waals surface area contributed by atoms with Gasteiger partial charge in [0, 0.05) is 24.8 Å². The van der Waals surface area contributed by atoms with Crippen molar-refractivity contribution in [3.8, 4) is 0 Å². The molecule has 1 aromatic heterocycles. The highest BCUT2D eigenvalue weighted by atomic mass is 16.5. The van der Waals surface area contributed by atoms with Gasteiger partial charge >= 0.3 is 0 Å². The van der Waals surface area contributed by atoms with Gasteiger partial charge in [-0.15, -0.1) is 0 Å². The second-order valence-corrected chi connectivity index (χ2v) is 5.41. The van der Waals surface area contributed by atoms with Gasteiger partial charge in [0.05, 0.1) is 0 Å². The Morgan fingerprint density at radius 2 is 2.18 bits per heavy atom. The first kappa shape index (κ1) is 11.3. The van der Waals surface area contributed by atoms with Crippen molar-refractivity contribution in [1.82, 2.24) is 5.32 Å². The molecule has 1 N–H and O–H groups in total. The van der Waals surface area contributed by atoms with Crippen LogP contribution in [0.25, 0.3) is 0 Å². The van der Waals surface area contributed by atoms with Gasteiger partial charge in [-0.2, -0.15) is 0 Å². The van der Waals surface area contributed by atoms with Gasteiger partial charge in [-0.1, -0.05) is 0 Å². The van der Waals surface area contributed by atoms with Gasteiger partial charge in [0.2, 0.25) is 0 Å². The zero-order valence-corrected chi connectivity index (χ0v) is 10.5. The zero-order chi connectivity index (χ0) is 11.7. The molecule has 3 heteroatoms. The van der Waals surface area contributed by atoms with Gasteiger partial charge in [0.25, 0.3) is 0 Å². The van der Waals surface area contributed by atoms with Crippen molar-refractivity contribution in [2.75, 3.05) is 6.61 Å². The van der Waals surface area contributed by atoms with E-state index < -0.39 is 0 Å². The topological polar surface area (TPSA) is 34.4 Å². The molecule has 0 spiro atoms. The molecule has 0 amide bonds. The molecule has 0 unspecified atom stereocenters. The van der Waals surface area contributed by atoms with Gasteiger partial charge in [0.1, 0.15) is 18.1 Å². The Kier molecular flexibility index (Phi) is 3.21. The number of furan rings is 1. The Morgan fingerprint density at radius 3 is 2.88 bits per heavy atom. The van der Waals surface area contributed by atoms with Gasteiger partial charge in [0.15, 0.2) is 0 Å². The van der Waals surface area contributed by atoms with Crippen LogP contribution in [0.15, 0.2) is 10.5 Å². The predicted octanol–water partition coefficient (Wildman–Crippen LogP) is 2.77. The summed E-state index contributed by atoms with van der Waals surface area (Å²) in [6.45, 7) is 4.49. The van der Waals surface area contributed by atoms with Crippen LogP contribution in [-0.2, 0) is 17.9 Å². The number of nitrogens with one attached hydrogen (secondary N) is 1. The van der Waals surface area contributed by atoms with E-state index in [0.717, 1.165) is 36.6 Å². The van der Waals surface area contributed by atoms with Crippen LogP contribution in [0.3, 0.4) is 0 Å². The first-order valence-corrected chi connectivity index (χ1v) is 6.70. The summed E-state index contributed by atoms with van der Waals surface area (Å²) in [7, 11) is 0. The van der Waals surface area contributed by atoms with E-state index in [1.165, 1.54) is 31.2 Å². The Balaban J connectivity index is 1.47. The Morgan fingerprint density at radius 1 is 1.35 bits per heavy atom. The molecule has 2 saturated carbocycles. The summed E-state index contributed by atoms with van der Waals surface area (Å²) < 4.78 is 11.3. The van der Waals surface area contributed by atoms with Crippen LogP contribution in [0.1, 0.15) is 42.8 Å². The Bertz CT molecular complexity index is 378. The van der Waals surface area contributed by atoms with Crippen molar-refractivity contribution >= 4 is 0 Å². The maximum Gasteiger partial charge on any atom is 0.130 e. The lowest BCUT2D eigenvalue weighted by atomic mass is 10.2. The molecule has 1 heterocycles. The molecule has 0 aromatic carbocycles. The summed E-state index contributed by atoms with van der Waals surface area (Å²) in [4.78, 5) is 0. The average Bonchev–Trinajstić information content (AvgIpc) is 3.18. The fourth-order valence-electron chi connectivity index (χ4n) is 1.99. The van der Waals surface area contributed by atoms with Crippen LogP contribution in [0, 0.1) is 12.8 Å². The molecule has 0 atom stereocenters. The highest BCUT2D eigenvalue weighted by Crippen LogP contribution is 2.29. The molecule has 3 rings (SSSR count). The van der Waals surface area contributed by atoms with E-state index in [9.17, 15) is 0 Å². The molecular weight excluding hydrogens is 214 g/mol. The van der Waals surface area contributed by atoms with E-state index in [0.29, 0.717) is 6.61 Å². The van der Waals surface area contributed by atoms with E-state index in [2.05, 4.69) is 11.4 Å². The fraction of sp³-hybridized carbons (Fsp3) is 0.714. The number of ether oxygens (including phenoxy) is 1. The molecule has 94 valence electrons. The maximum absolute atomic E-state index is 5.70. The summed E-state index contributed by atoms with van der Waals surface area (Å²) in [5.74, 6) is 2.82. The minimum absolute atomic E-state index is 0.626. The summed E-state index contributed by atoms with van der Waals surface area (Å²) >= 11 is 0. The highest BCUT2D eigenvalue weighted by Gasteiger charge is 2.22. The smallest absolute Gasteiger partial charge is 0.130 e. The molecule has 0 aliphatic heterocycles. The molecule has 3 nitrogen and oxygen atoms in total. The Labute approximate surface area is 103 Å². The lowest BCUT2D eigenvalue weighted by molar-refractivity contribution is 0.0967. The van der Waals surface area contributed by atoms with Crippen molar-refractivity contribution < 1.29 is 9.15 Å². The van der Waals surface area contributed by atoms with Gasteiger partial charge in [-0.3, -0.25) is 0 Å². The maximum atomic E-state index is 5.70. The van der Waals surface area contributed by atoms with Gasteiger partial charge in [-0.25, -0.2) is 0 Å².